The minimum atomic E-state index is -4.55. The van der Waals surface area contributed by atoms with Gasteiger partial charge in [-0.3, -0.25) is 0 Å². The summed E-state index contributed by atoms with van der Waals surface area (Å²) in [6.07, 6.45) is -2.73. The maximum absolute atomic E-state index is 14.4. The molecule has 2 aromatic rings. The monoisotopic (exact) mass is 525 g/mol. The first-order valence-electron chi connectivity index (χ1n) is 10.2. The lowest BCUT2D eigenvalue weighted by Crippen LogP contribution is -2.46. The molecule has 0 aliphatic carbocycles. The molecule has 2 aliphatic rings. The van der Waals surface area contributed by atoms with E-state index in [1.54, 1.807) is 9.80 Å². The van der Waals surface area contributed by atoms with E-state index < -0.39 is 49.1 Å². The molecule has 1 aromatic carbocycles. The lowest BCUT2D eigenvalue weighted by Gasteiger charge is -2.36. The second kappa shape index (κ2) is 8.91. The summed E-state index contributed by atoms with van der Waals surface area (Å²) in [5, 5.41) is 5.96. The highest BCUT2D eigenvalue weighted by Gasteiger charge is 2.38. The minimum absolute atomic E-state index is 0.170. The van der Waals surface area contributed by atoms with Crippen molar-refractivity contribution in [1.29, 1.82) is 0 Å². The molecule has 34 heavy (non-hydrogen) atoms. The SMILES string of the molecule is CS(=O)(=O)c1cc(F)c(CN2CCN(C3CCN(c4nnc(C(F)(F)F)s4)CC3)C2=O)c(F)c1. The van der Waals surface area contributed by atoms with E-state index in [9.17, 15) is 35.2 Å². The summed E-state index contributed by atoms with van der Waals surface area (Å²) in [5.41, 5.74) is -0.394. The molecule has 0 N–H and O–H groups in total. The Morgan fingerprint density at radius 2 is 1.68 bits per heavy atom. The van der Waals surface area contributed by atoms with Crippen molar-refractivity contribution in [2.24, 2.45) is 0 Å². The minimum Gasteiger partial charge on any atom is -0.346 e. The number of nitrogens with zero attached hydrogens (tertiary/aromatic N) is 5. The molecular formula is C19H20F5N5O3S2. The molecule has 186 valence electrons. The quantitative estimate of drug-likeness (QED) is 0.558. The topological polar surface area (TPSA) is 86.7 Å². The van der Waals surface area contributed by atoms with Crippen LogP contribution in [0.5, 0.6) is 0 Å². The number of piperidine rings is 1. The zero-order chi connectivity index (χ0) is 24.8. The molecule has 3 heterocycles. The number of alkyl halides is 3. The molecular weight excluding hydrogens is 505 g/mol. The predicted molar refractivity (Wildman–Crippen MR) is 112 cm³/mol. The number of carbonyl (C=O) groups is 1. The number of amides is 2. The normalized spacial score (nSPS) is 18.3. The molecule has 0 atom stereocenters. The molecule has 0 unspecified atom stereocenters. The van der Waals surface area contributed by atoms with Crippen molar-refractivity contribution in [3.05, 3.63) is 34.3 Å². The molecule has 2 saturated heterocycles. The first kappa shape index (κ1) is 24.6. The number of anilines is 1. The second-order valence-electron chi connectivity index (χ2n) is 8.14. The van der Waals surface area contributed by atoms with Gasteiger partial charge in [0.05, 0.1) is 11.4 Å². The van der Waals surface area contributed by atoms with E-state index in [1.807, 2.05) is 0 Å². The predicted octanol–water partition coefficient (Wildman–Crippen LogP) is 3.15. The highest BCUT2D eigenvalue weighted by atomic mass is 32.2. The van der Waals surface area contributed by atoms with Crippen LogP contribution in [-0.4, -0.2) is 72.9 Å². The Hall–Kier alpha value is -2.55. The fraction of sp³-hybridized carbons (Fsp3) is 0.526. The number of urea groups is 1. The molecule has 2 amide bonds. The van der Waals surface area contributed by atoms with Gasteiger partial charge in [0.1, 0.15) is 11.6 Å². The Bertz CT molecular complexity index is 1170. The molecule has 15 heteroatoms. The maximum Gasteiger partial charge on any atom is 0.445 e. The summed E-state index contributed by atoms with van der Waals surface area (Å²) in [4.78, 5) is 17.0. The number of halogens is 5. The first-order valence-corrected chi connectivity index (χ1v) is 12.9. The summed E-state index contributed by atoms with van der Waals surface area (Å²) in [6, 6.07) is 0.893. The van der Waals surface area contributed by atoms with Gasteiger partial charge in [-0.2, -0.15) is 13.2 Å². The van der Waals surface area contributed by atoms with Gasteiger partial charge in [0, 0.05) is 44.0 Å². The van der Waals surface area contributed by atoms with Crippen LogP contribution >= 0.6 is 11.3 Å². The van der Waals surface area contributed by atoms with E-state index in [0.29, 0.717) is 43.8 Å². The van der Waals surface area contributed by atoms with Crippen molar-refractivity contribution in [2.45, 2.75) is 36.5 Å². The van der Waals surface area contributed by atoms with Gasteiger partial charge in [0.15, 0.2) is 9.84 Å². The number of hydrogen-bond donors (Lipinski definition) is 0. The Morgan fingerprint density at radius 3 is 2.21 bits per heavy atom. The summed E-state index contributed by atoms with van der Waals surface area (Å²) >= 11 is 0.468. The van der Waals surface area contributed by atoms with Crippen LogP contribution in [0.2, 0.25) is 0 Å². The number of hydrogen-bond acceptors (Lipinski definition) is 7. The van der Waals surface area contributed by atoms with Gasteiger partial charge >= 0.3 is 12.2 Å². The Labute approximate surface area is 195 Å². The maximum atomic E-state index is 14.4. The zero-order valence-electron chi connectivity index (χ0n) is 17.8. The largest absolute Gasteiger partial charge is 0.445 e. The van der Waals surface area contributed by atoms with Crippen molar-refractivity contribution < 1.29 is 35.2 Å². The Morgan fingerprint density at radius 1 is 1.06 bits per heavy atom. The zero-order valence-corrected chi connectivity index (χ0v) is 19.5. The Kier molecular flexibility index (Phi) is 6.44. The molecule has 2 aliphatic heterocycles. The van der Waals surface area contributed by atoms with Gasteiger partial charge in [-0.1, -0.05) is 11.3 Å². The first-order chi connectivity index (χ1) is 15.8. The van der Waals surface area contributed by atoms with Crippen LogP contribution in [0.4, 0.5) is 31.9 Å². The lowest BCUT2D eigenvalue weighted by molar-refractivity contribution is -0.138. The standard InChI is InChI=1S/C19H20F5N5O3S2/c1-34(31,32)12-8-14(20)13(15(21)9-12)10-28-6-7-29(18(28)30)11-2-4-27(5-3-11)17-26-25-16(33-17)19(22,23)24/h8-9,11H,2-7,10H2,1H3. The molecule has 8 nitrogen and oxygen atoms in total. The molecule has 0 bridgehead atoms. The van der Waals surface area contributed by atoms with Crippen LogP contribution in [0.1, 0.15) is 23.4 Å². The summed E-state index contributed by atoms with van der Waals surface area (Å²) in [7, 11) is -3.79. The van der Waals surface area contributed by atoms with E-state index in [1.165, 1.54) is 4.90 Å². The van der Waals surface area contributed by atoms with Gasteiger partial charge in [-0.05, 0) is 25.0 Å². The fourth-order valence-corrected chi connectivity index (χ4v) is 5.45. The van der Waals surface area contributed by atoms with Crippen LogP contribution in [0.25, 0.3) is 0 Å². The van der Waals surface area contributed by atoms with Crippen LogP contribution in [0, 0.1) is 11.6 Å². The van der Waals surface area contributed by atoms with Crippen molar-refractivity contribution in [3.8, 4) is 0 Å². The fourth-order valence-electron chi connectivity index (χ4n) is 4.05. The highest BCUT2D eigenvalue weighted by Crippen LogP contribution is 2.35. The number of sulfone groups is 1. The average molecular weight is 526 g/mol. The summed E-state index contributed by atoms with van der Waals surface area (Å²) in [5.74, 6) is -2.09. The smallest absolute Gasteiger partial charge is 0.346 e. The van der Waals surface area contributed by atoms with Gasteiger partial charge in [0.2, 0.25) is 10.1 Å². The third-order valence-corrected chi connectivity index (χ3v) is 7.97. The van der Waals surface area contributed by atoms with E-state index in [-0.39, 0.29) is 24.3 Å². The third-order valence-electron chi connectivity index (χ3n) is 5.85. The number of aromatic nitrogens is 2. The van der Waals surface area contributed by atoms with E-state index >= 15 is 0 Å². The van der Waals surface area contributed by atoms with Crippen molar-refractivity contribution in [1.82, 2.24) is 20.0 Å². The molecule has 0 saturated carbocycles. The van der Waals surface area contributed by atoms with Crippen molar-refractivity contribution >= 4 is 32.3 Å². The molecule has 4 rings (SSSR count). The molecule has 0 radical (unpaired) electrons. The van der Waals surface area contributed by atoms with Crippen LogP contribution in [0.3, 0.4) is 0 Å². The molecule has 1 aromatic heterocycles. The number of carbonyl (C=O) groups excluding carboxylic acids is 1. The summed E-state index contributed by atoms with van der Waals surface area (Å²) < 4.78 is 90.2. The third kappa shape index (κ3) is 4.94. The molecule has 2 fully saturated rings. The van der Waals surface area contributed by atoms with Gasteiger partial charge < -0.3 is 14.7 Å². The van der Waals surface area contributed by atoms with E-state index in [2.05, 4.69) is 10.2 Å². The second-order valence-corrected chi connectivity index (χ2v) is 11.1. The van der Waals surface area contributed by atoms with E-state index in [0.717, 1.165) is 18.4 Å². The van der Waals surface area contributed by atoms with Gasteiger partial charge in [-0.25, -0.2) is 22.0 Å². The lowest BCUT2D eigenvalue weighted by atomic mass is 10.0. The van der Waals surface area contributed by atoms with Gasteiger partial charge in [0.25, 0.3) is 0 Å². The van der Waals surface area contributed by atoms with Crippen molar-refractivity contribution in [3.63, 3.8) is 0 Å². The van der Waals surface area contributed by atoms with Crippen LogP contribution in [-0.2, 0) is 22.6 Å². The number of rotatable bonds is 5. The van der Waals surface area contributed by atoms with Crippen molar-refractivity contribution in [2.75, 3.05) is 37.3 Å². The van der Waals surface area contributed by atoms with E-state index in [4.69, 9.17) is 0 Å². The summed E-state index contributed by atoms with van der Waals surface area (Å²) in [6.45, 7) is 0.997. The number of benzene rings is 1. The average Bonchev–Trinajstić information content (AvgIpc) is 3.37. The van der Waals surface area contributed by atoms with Crippen LogP contribution < -0.4 is 4.90 Å². The van der Waals surface area contributed by atoms with Gasteiger partial charge in [-0.15, -0.1) is 10.2 Å². The highest BCUT2D eigenvalue weighted by molar-refractivity contribution is 7.90. The van der Waals surface area contributed by atoms with Crippen LogP contribution in [0.15, 0.2) is 17.0 Å². The Balaban J connectivity index is 1.38. The molecule has 0 spiro atoms.